The molecule has 2 aromatic heterocycles. The molecule has 164 valence electrons. The molecule has 2 heterocycles. The average molecular weight is 444 g/mol. The van der Waals surface area contributed by atoms with Gasteiger partial charge in [0.05, 0.1) is 5.69 Å². The Morgan fingerprint density at radius 2 is 1.53 bits per heavy atom. The third-order valence-electron chi connectivity index (χ3n) is 6.54. The minimum Gasteiger partial charge on any atom is -0.455 e. The summed E-state index contributed by atoms with van der Waals surface area (Å²) >= 11 is 0. The molecule has 1 unspecified atom stereocenters. The number of halogens is 1. The highest BCUT2D eigenvalue weighted by atomic mass is 19.1. The fourth-order valence-electron chi connectivity index (χ4n) is 4.62. The third-order valence-corrected chi connectivity index (χ3v) is 6.54. The van der Waals surface area contributed by atoms with Crippen molar-refractivity contribution in [1.82, 2.24) is 4.98 Å². The lowest BCUT2D eigenvalue weighted by molar-refractivity contribution is 0.628. The van der Waals surface area contributed by atoms with Gasteiger partial charge in [-0.15, -0.1) is 0 Å². The van der Waals surface area contributed by atoms with Gasteiger partial charge in [-0.05, 0) is 58.7 Å². The van der Waals surface area contributed by atoms with Crippen LogP contribution in [0.25, 0.3) is 44.3 Å². The van der Waals surface area contributed by atoms with Gasteiger partial charge in [0.1, 0.15) is 17.0 Å². The van der Waals surface area contributed by atoms with Gasteiger partial charge in [-0.2, -0.15) is 0 Å². The number of furan rings is 1. The van der Waals surface area contributed by atoms with Crippen LogP contribution in [0, 0.1) is 5.82 Å². The molecule has 0 saturated carbocycles. The Bertz CT molecular complexity index is 1620. The fourth-order valence-corrected chi connectivity index (χ4v) is 4.62. The van der Waals surface area contributed by atoms with Crippen LogP contribution >= 0.6 is 0 Å². The second-order valence-electron chi connectivity index (χ2n) is 8.61. The highest BCUT2D eigenvalue weighted by molar-refractivity contribution is 6.09. The summed E-state index contributed by atoms with van der Waals surface area (Å²) in [5.41, 5.74) is 7.89. The lowest BCUT2D eigenvalue weighted by Gasteiger charge is -2.12. The van der Waals surface area contributed by atoms with Crippen molar-refractivity contribution in [2.24, 2.45) is 0 Å². The van der Waals surface area contributed by atoms with Crippen molar-refractivity contribution in [1.29, 1.82) is 0 Å². The van der Waals surface area contributed by atoms with Crippen molar-refractivity contribution in [2.75, 3.05) is 0 Å². The predicted molar refractivity (Wildman–Crippen MR) is 136 cm³/mol. The summed E-state index contributed by atoms with van der Waals surface area (Å²) in [6, 6.07) is 33.7. The van der Waals surface area contributed by atoms with Crippen molar-refractivity contribution in [3.63, 3.8) is 0 Å². The van der Waals surface area contributed by atoms with Crippen LogP contribution in [0.15, 0.2) is 114 Å². The first-order valence-corrected chi connectivity index (χ1v) is 11.4. The van der Waals surface area contributed by atoms with Gasteiger partial charge >= 0.3 is 0 Å². The molecule has 0 amide bonds. The molecule has 2 nitrogen and oxygen atoms in total. The van der Waals surface area contributed by atoms with Crippen molar-refractivity contribution in [2.45, 2.75) is 12.8 Å². The number of hydrogen-bond donors (Lipinski definition) is 0. The monoisotopic (exact) mass is 443 g/mol. The Morgan fingerprint density at radius 3 is 2.35 bits per heavy atom. The second kappa shape index (κ2) is 8.27. The smallest absolute Gasteiger partial charge is 0.144 e. The number of nitrogens with zero attached hydrogens (tertiary/aromatic N) is 1. The largest absolute Gasteiger partial charge is 0.455 e. The van der Waals surface area contributed by atoms with Crippen molar-refractivity contribution in [3.8, 4) is 22.4 Å². The molecule has 0 radical (unpaired) electrons. The van der Waals surface area contributed by atoms with E-state index in [0.717, 1.165) is 44.3 Å². The molecule has 0 saturated heterocycles. The molecule has 0 aliphatic heterocycles. The molecular formula is C31H22FNO. The molecule has 34 heavy (non-hydrogen) atoms. The minimum atomic E-state index is -0.244. The molecule has 6 aromatic rings. The molecule has 0 aliphatic carbocycles. The standard InChI is InChI=1S/C31H22FNO/c1-20(21-6-3-2-4-7-21)23-12-15-26-27-8-5-9-28(31(27)34-30(26)19-23)29-18-24(16-17-33-29)22-10-13-25(32)14-11-22/h2-20H,1H3. The van der Waals surface area contributed by atoms with Crippen LogP contribution in [0.1, 0.15) is 24.0 Å². The minimum absolute atomic E-state index is 0.244. The number of pyridine rings is 1. The first-order chi connectivity index (χ1) is 16.7. The number of fused-ring (bicyclic) bond motifs is 3. The first kappa shape index (κ1) is 20.4. The molecule has 6 rings (SSSR count). The summed E-state index contributed by atoms with van der Waals surface area (Å²) in [4.78, 5) is 4.62. The van der Waals surface area contributed by atoms with Crippen LogP contribution < -0.4 is 0 Å². The summed E-state index contributed by atoms with van der Waals surface area (Å²) in [6.45, 7) is 2.22. The van der Waals surface area contributed by atoms with Crippen molar-refractivity contribution >= 4 is 21.9 Å². The zero-order valence-electron chi connectivity index (χ0n) is 18.7. The van der Waals surface area contributed by atoms with E-state index in [0.29, 0.717) is 0 Å². The van der Waals surface area contributed by atoms with Gasteiger partial charge in [0.2, 0.25) is 0 Å². The van der Waals surface area contributed by atoms with Crippen LogP contribution in [0.4, 0.5) is 4.39 Å². The molecule has 1 atom stereocenters. The quantitative estimate of drug-likeness (QED) is 0.273. The van der Waals surface area contributed by atoms with Crippen LogP contribution in [-0.2, 0) is 0 Å². The molecule has 0 fully saturated rings. The van der Waals surface area contributed by atoms with E-state index in [9.17, 15) is 4.39 Å². The normalized spacial score (nSPS) is 12.3. The Hall–Kier alpha value is -4.24. The summed E-state index contributed by atoms with van der Waals surface area (Å²) in [6.07, 6.45) is 1.79. The van der Waals surface area contributed by atoms with E-state index in [1.54, 1.807) is 18.3 Å². The van der Waals surface area contributed by atoms with Gasteiger partial charge in [0, 0.05) is 28.5 Å². The molecule has 3 heteroatoms. The molecule has 4 aromatic carbocycles. The van der Waals surface area contributed by atoms with Crippen molar-refractivity contribution < 1.29 is 8.81 Å². The SMILES string of the molecule is CC(c1ccccc1)c1ccc2c(c1)oc1c(-c3cc(-c4ccc(F)cc4)ccn3)cccc12. The zero-order valence-corrected chi connectivity index (χ0v) is 18.7. The van der Waals surface area contributed by atoms with Crippen LogP contribution in [-0.4, -0.2) is 4.98 Å². The highest BCUT2D eigenvalue weighted by Crippen LogP contribution is 2.37. The summed E-state index contributed by atoms with van der Waals surface area (Å²) in [5, 5.41) is 2.16. The molecule has 0 N–H and O–H groups in total. The Labute approximate surface area is 197 Å². The first-order valence-electron chi connectivity index (χ1n) is 11.4. The van der Waals surface area contributed by atoms with Gasteiger partial charge in [-0.1, -0.05) is 73.7 Å². The molecule has 0 spiro atoms. The van der Waals surface area contributed by atoms with E-state index < -0.39 is 0 Å². The Kier molecular flexibility index (Phi) is 4.96. The van der Waals surface area contributed by atoms with E-state index in [4.69, 9.17) is 4.42 Å². The van der Waals surface area contributed by atoms with Gasteiger partial charge < -0.3 is 4.42 Å². The zero-order chi connectivity index (χ0) is 23.1. The lowest BCUT2D eigenvalue weighted by atomic mass is 9.92. The average Bonchev–Trinajstić information content (AvgIpc) is 3.27. The van der Waals surface area contributed by atoms with Gasteiger partial charge in [0.25, 0.3) is 0 Å². The molecule has 0 aliphatic rings. The number of aromatic nitrogens is 1. The summed E-state index contributed by atoms with van der Waals surface area (Å²) in [7, 11) is 0. The second-order valence-corrected chi connectivity index (χ2v) is 8.61. The Morgan fingerprint density at radius 1 is 0.706 bits per heavy atom. The number of benzene rings is 4. The number of rotatable bonds is 4. The third kappa shape index (κ3) is 3.56. The van der Waals surface area contributed by atoms with Crippen LogP contribution in [0.5, 0.6) is 0 Å². The maximum Gasteiger partial charge on any atom is 0.144 e. The fraction of sp³-hybridized carbons (Fsp3) is 0.0645. The Balaban J connectivity index is 1.45. The number of para-hydroxylation sites is 1. The van der Waals surface area contributed by atoms with E-state index in [1.165, 1.54) is 23.3 Å². The molecule has 0 bridgehead atoms. The summed E-state index contributed by atoms with van der Waals surface area (Å²) in [5.74, 6) is 0.0263. The van der Waals surface area contributed by atoms with Crippen LogP contribution in [0.2, 0.25) is 0 Å². The topological polar surface area (TPSA) is 26.0 Å². The maximum absolute atomic E-state index is 13.4. The van der Waals surface area contributed by atoms with E-state index in [2.05, 4.69) is 60.4 Å². The summed E-state index contributed by atoms with van der Waals surface area (Å²) < 4.78 is 19.8. The van der Waals surface area contributed by atoms with Gasteiger partial charge in [-0.3, -0.25) is 4.98 Å². The van der Waals surface area contributed by atoms with E-state index in [-0.39, 0.29) is 11.7 Å². The lowest BCUT2D eigenvalue weighted by Crippen LogP contribution is -1.95. The maximum atomic E-state index is 13.4. The van der Waals surface area contributed by atoms with Crippen molar-refractivity contribution in [3.05, 3.63) is 126 Å². The molecular weight excluding hydrogens is 421 g/mol. The van der Waals surface area contributed by atoms with E-state index in [1.807, 2.05) is 30.3 Å². The van der Waals surface area contributed by atoms with Gasteiger partial charge in [-0.25, -0.2) is 4.39 Å². The van der Waals surface area contributed by atoms with Gasteiger partial charge in [0.15, 0.2) is 0 Å². The van der Waals surface area contributed by atoms with E-state index >= 15 is 0 Å². The van der Waals surface area contributed by atoms with Crippen LogP contribution in [0.3, 0.4) is 0 Å². The predicted octanol–water partition coefficient (Wildman–Crippen LogP) is 8.61. The number of hydrogen-bond acceptors (Lipinski definition) is 2. The highest BCUT2D eigenvalue weighted by Gasteiger charge is 2.16.